The summed E-state index contributed by atoms with van der Waals surface area (Å²) in [5.41, 5.74) is 1.43. The van der Waals surface area contributed by atoms with E-state index < -0.39 is 0 Å². The van der Waals surface area contributed by atoms with Gasteiger partial charge in [0.15, 0.2) is 0 Å². The van der Waals surface area contributed by atoms with Crippen molar-refractivity contribution in [3.63, 3.8) is 0 Å². The number of piperidine rings is 1. The Hall–Kier alpha value is -0.130. The summed E-state index contributed by atoms with van der Waals surface area (Å²) < 4.78 is 1.31. The van der Waals surface area contributed by atoms with Crippen LogP contribution in [0.5, 0.6) is 0 Å². The van der Waals surface area contributed by atoms with Crippen molar-refractivity contribution >= 4 is 22.6 Å². The summed E-state index contributed by atoms with van der Waals surface area (Å²) in [4.78, 5) is 2.63. The Kier molecular flexibility index (Phi) is 5.45. The molecular formula is C15H23IN2. The number of rotatable bonds is 4. The molecule has 0 bridgehead atoms. The predicted octanol–water partition coefficient (Wildman–Crippen LogP) is 3.43. The average Bonchev–Trinajstić information content (AvgIpc) is 2.41. The molecule has 0 aliphatic carbocycles. The van der Waals surface area contributed by atoms with Gasteiger partial charge in [-0.25, -0.2) is 0 Å². The SMILES string of the molecule is CCN(C1CCCNC1)C(C)c1ccc(I)cc1. The van der Waals surface area contributed by atoms with Crippen LogP contribution in [0.15, 0.2) is 24.3 Å². The smallest absolute Gasteiger partial charge is 0.0323 e. The Morgan fingerprint density at radius 2 is 2.11 bits per heavy atom. The number of halogens is 1. The van der Waals surface area contributed by atoms with Gasteiger partial charge >= 0.3 is 0 Å². The van der Waals surface area contributed by atoms with Gasteiger partial charge in [-0.2, -0.15) is 0 Å². The van der Waals surface area contributed by atoms with Gasteiger partial charge in [0.2, 0.25) is 0 Å². The van der Waals surface area contributed by atoms with Crippen LogP contribution in [0.25, 0.3) is 0 Å². The number of likely N-dealkylation sites (N-methyl/N-ethyl adjacent to an activating group) is 1. The van der Waals surface area contributed by atoms with Crippen molar-refractivity contribution in [1.82, 2.24) is 10.2 Å². The molecule has 2 atom stereocenters. The Balaban J connectivity index is 2.08. The fourth-order valence-corrected chi connectivity index (χ4v) is 3.26. The van der Waals surface area contributed by atoms with Gasteiger partial charge in [-0.15, -0.1) is 0 Å². The lowest BCUT2D eigenvalue weighted by atomic mass is 10.0. The lowest BCUT2D eigenvalue weighted by Gasteiger charge is -2.38. The van der Waals surface area contributed by atoms with E-state index in [1.54, 1.807) is 0 Å². The summed E-state index contributed by atoms with van der Waals surface area (Å²) >= 11 is 2.37. The zero-order valence-electron chi connectivity index (χ0n) is 11.3. The molecule has 1 N–H and O–H groups in total. The fourth-order valence-electron chi connectivity index (χ4n) is 2.90. The molecule has 18 heavy (non-hydrogen) atoms. The monoisotopic (exact) mass is 358 g/mol. The number of hydrogen-bond acceptors (Lipinski definition) is 2. The highest BCUT2D eigenvalue weighted by atomic mass is 127. The van der Waals surface area contributed by atoms with Crippen LogP contribution in [0.4, 0.5) is 0 Å². The highest BCUT2D eigenvalue weighted by molar-refractivity contribution is 14.1. The van der Waals surface area contributed by atoms with Crippen LogP contribution < -0.4 is 5.32 Å². The number of nitrogens with one attached hydrogen (secondary N) is 1. The van der Waals surface area contributed by atoms with Crippen LogP contribution in [0, 0.1) is 3.57 Å². The van der Waals surface area contributed by atoms with Crippen LogP contribution in [0.1, 0.15) is 38.3 Å². The lowest BCUT2D eigenvalue weighted by Crippen LogP contribution is -2.46. The number of nitrogens with zero attached hydrogens (tertiary/aromatic N) is 1. The third-order valence-corrected chi connectivity index (χ3v) is 4.67. The summed E-state index contributed by atoms with van der Waals surface area (Å²) in [6.45, 7) is 8.06. The highest BCUT2D eigenvalue weighted by Crippen LogP contribution is 2.25. The summed E-state index contributed by atoms with van der Waals surface area (Å²) in [6.07, 6.45) is 2.64. The third kappa shape index (κ3) is 3.45. The number of hydrogen-bond donors (Lipinski definition) is 1. The van der Waals surface area contributed by atoms with Crippen molar-refractivity contribution in [3.8, 4) is 0 Å². The van der Waals surface area contributed by atoms with E-state index in [1.165, 1.54) is 28.5 Å². The molecule has 1 aliphatic rings. The van der Waals surface area contributed by atoms with E-state index in [4.69, 9.17) is 0 Å². The van der Waals surface area contributed by atoms with Gasteiger partial charge in [-0.05, 0) is 73.1 Å². The Morgan fingerprint density at radius 1 is 1.39 bits per heavy atom. The van der Waals surface area contributed by atoms with Crippen molar-refractivity contribution in [2.75, 3.05) is 19.6 Å². The average molecular weight is 358 g/mol. The molecule has 1 aromatic carbocycles. The molecule has 2 rings (SSSR count). The van der Waals surface area contributed by atoms with Crippen LogP contribution in [0.3, 0.4) is 0 Å². The molecular weight excluding hydrogens is 335 g/mol. The van der Waals surface area contributed by atoms with Gasteiger partial charge in [0.05, 0.1) is 0 Å². The van der Waals surface area contributed by atoms with Gasteiger partial charge in [0.1, 0.15) is 0 Å². The van der Waals surface area contributed by atoms with Gasteiger partial charge in [0.25, 0.3) is 0 Å². The van der Waals surface area contributed by atoms with Crippen molar-refractivity contribution in [3.05, 3.63) is 33.4 Å². The molecule has 1 heterocycles. The van der Waals surface area contributed by atoms with Crippen LogP contribution >= 0.6 is 22.6 Å². The molecule has 0 spiro atoms. The van der Waals surface area contributed by atoms with Crippen molar-refractivity contribution in [2.45, 2.75) is 38.8 Å². The minimum atomic E-state index is 0.511. The molecule has 100 valence electrons. The van der Waals surface area contributed by atoms with Gasteiger partial charge < -0.3 is 5.32 Å². The van der Waals surface area contributed by atoms with Gasteiger partial charge in [-0.1, -0.05) is 19.1 Å². The summed E-state index contributed by atoms with van der Waals surface area (Å²) in [5.74, 6) is 0. The Morgan fingerprint density at radius 3 is 2.67 bits per heavy atom. The number of benzene rings is 1. The molecule has 0 saturated carbocycles. The first-order valence-corrected chi connectivity index (χ1v) is 8.02. The third-order valence-electron chi connectivity index (χ3n) is 3.95. The first-order chi connectivity index (χ1) is 8.72. The van der Waals surface area contributed by atoms with Gasteiger partial charge in [0, 0.05) is 22.2 Å². The fraction of sp³-hybridized carbons (Fsp3) is 0.600. The minimum absolute atomic E-state index is 0.511. The normalized spacial score (nSPS) is 22.1. The first-order valence-electron chi connectivity index (χ1n) is 6.94. The van der Waals surface area contributed by atoms with Crippen molar-refractivity contribution < 1.29 is 0 Å². The second kappa shape index (κ2) is 6.87. The quantitative estimate of drug-likeness (QED) is 0.830. The van der Waals surface area contributed by atoms with E-state index in [2.05, 4.69) is 70.9 Å². The van der Waals surface area contributed by atoms with Crippen LogP contribution in [-0.2, 0) is 0 Å². The Bertz CT molecular complexity index is 357. The van der Waals surface area contributed by atoms with E-state index in [0.29, 0.717) is 12.1 Å². The molecule has 1 aliphatic heterocycles. The topological polar surface area (TPSA) is 15.3 Å². The lowest BCUT2D eigenvalue weighted by molar-refractivity contribution is 0.128. The van der Waals surface area contributed by atoms with Crippen molar-refractivity contribution in [2.24, 2.45) is 0 Å². The maximum atomic E-state index is 3.52. The molecule has 0 radical (unpaired) electrons. The summed E-state index contributed by atoms with van der Waals surface area (Å²) in [7, 11) is 0. The zero-order valence-corrected chi connectivity index (χ0v) is 13.5. The molecule has 3 heteroatoms. The predicted molar refractivity (Wildman–Crippen MR) is 85.8 cm³/mol. The molecule has 1 aromatic rings. The molecule has 1 fully saturated rings. The second-order valence-electron chi connectivity index (χ2n) is 5.06. The van der Waals surface area contributed by atoms with E-state index in [1.807, 2.05) is 0 Å². The van der Waals surface area contributed by atoms with E-state index in [9.17, 15) is 0 Å². The molecule has 1 saturated heterocycles. The summed E-state index contributed by atoms with van der Waals surface area (Å²) in [6, 6.07) is 10.2. The van der Waals surface area contributed by atoms with E-state index >= 15 is 0 Å². The largest absolute Gasteiger partial charge is 0.315 e. The van der Waals surface area contributed by atoms with E-state index in [-0.39, 0.29) is 0 Å². The van der Waals surface area contributed by atoms with Gasteiger partial charge in [-0.3, -0.25) is 4.90 Å². The molecule has 2 unspecified atom stereocenters. The summed E-state index contributed by atoms with van der Waals surface area (Å²) in [5, 5.41) is 3.52. The van der Waals surface area contributed by atoms with Crippen LogP contribution in [0.2, 0.25) is 0 Å². The van der Waals surface area contributed by atoms with E-state index in [0.717, 1.165) is 13.1 Å². The standard InChI is InChI=1S/C15H23IN2/c1-3-18(15-5-4-10-17-11-15)12(2)13-6-8-14(16)9-7-13/h6-9,12,15,17H,3-5,10-11H2,1-2H3. The molecule has 0 amide bonds. The maximum Gasteiger partial charge on any atom is 0.0323 e. The second-order valence-corrected chi connectivity index (χ2v) is 6.30. The molecule has 2 nitrogen and oxygen atoms in total. The maximum absolute atomic E-state index is 3.52. The Labute approximate surface area is 124 Å². The zero-order chi connectivity index (χ0) is 13.0. The highest BCUT2D eigenvalue weighted by Gasteiger charge is 2.24. The minimum Gasteiger partial charge on any atom is -0.315 e. The first kappa shape index (κ1) is 14.3. The van der Waals surface area contributed by atoms with Crippen LogP contribution in [-0.4, -0.2) is 30.6 Å². The molecule has 0 aromatic heterocycles. The van der Waals surface area contributed by atoms with Crippen molar-refractivity contribution in [1.29, 1.82) is 0 Å².